The molecule has 1 amide bonds. The van der Waals surface area contributed by atoms with E-state index in [0.29, 0.717) is 29.6 Å². The van der Waals surface area contributed by atoms with Crippen LogP contribution >= 0.6 is 11.3 Å². The first-order valence-electron chi connectivity index (χ1n) is 12.9. The average Bonchev–Trinajstić information content (AvgIpc) is 3.61. The van der Waals surface area contributed by atoms with E-state index in [0.717, 1.165) is 43.5 Å². The first-order chi connectivity index (χ1) is 17.1. The van der Waals surface area contributed by atoms with E-state index in [1.54, 1.807) is 6.20 Å². The molecule has 4 fully saturated rings. The minimum Gasteiger partial charge on any atom is -0.375 e. The normalized spacial score (nSPS) is 26.7. The zero-order valence-corrected chi connectivity index (χ0v) is 20.9. The van der Waals surface area contributed by atoms with E-state index in [4.69, 9.17) is 4.74 Å². The molecule has 2 aromatic rings. The van der Waals surface area contributed by atoms with Gasteiger partial charge in [0.15, 0.2) is 5.82 Å². The van der Waals surface area contributed by atoms with E-state index in [1.807, 2.05) is 12.1 Å². The second kappa shape index (κ2) is 9.94. The molecular formula is C24H34N8O2S. The van der Waals surface area contributed by atoms with Crippen LogP contribution < -0.4 is 15.5 Å². The van der Waals surface area contributed by atoms with E-state index >= 15 is 0 Å². The molecule has 2 aliphatic carbocycles. The Balaban J connectivity index is 0.948. The maximum absolute atomic E-state index is 12.7. The quantitative estimate of drug-likeness (QED) is 0.596. The highest BCUT2D eigenvalue weighted by Crippen LogP contribution is 2.54. The van der Waals surface area contributed by atoms with Gasteiger partial charge in [-0.2, -0.15) is 5.10 Å². The summed E-state index contributed by atoms with van der Waals surface area (Å²) in [6.07, 6.45) is 11.3. The van der Waals surface area contributed by atoms with Gasteiger partial charge in [0.1, 0.15) is 0 Å². The Bertz CT molecular complexity index is 1010. The Kier molecular flexibility index (Phi) is 6.55. The number of rotatable bonds is 7. The maximum Gasteiger partial charge on any atom is 0.228 e. The molecule has 2 saturated carbocycles. The molecule has 4 heterocycles. The van der Waals surface area contributed by atoms with Crippen LogP contribution in [0.3, 0.4) is 0 Å². The van der Waals surface area contributed by atoms with Gasteiger partial charge in [-0.25, -0.2) is 0 Å². The molecule has 2 saturated heterocycles. The van der Waals surface area contributed by atoms with E-state index < -0.39 is 0 Å². The van der Waals surface area contributed by atoms with Crippen LogP contribution in [0.15, 0.2) is 18.3 Å². The number of aromatic nitrogens is 4. The fourth-order valence-electron chi connectivity index (χ4n) is 6.36. The number of ether oxygens (including phenoxy) is 1. The van der Waals surface area contributed by atoms with Crippen molar-refractivity contribution in [2.45, 2.75) is 69.6 Å². The Morgan fingerprint density at radius 2 is 2.00 bits per heavy atom. The van der Waals surface area contributed by atoms with Crippen LogP contribution in [0.2, 0.25) is 0 Å². The third-order valence-corrected chi connectivity index (χ3v) is 8.94. The van der Waals surface area contributed by atoms with Crippen LogP contribution in [0.25, 0.3) is 0 Å². The van der Waals surface area contributed by atoms with E-state index in [2.05, 4.69) is 40.8 Å². The molecule has 2 atom stereocenters. The molecule has 2 aromatic heterocycles. The molecule has 188 valence electrons. The summed E-state index contributed by atoms with van der Waals surface area (Å²) in [6, 6.07) is 4.81. The Morgan fingerprint density at radius 3 is 2.83 bits per heavy atom. The topological polar surface area (TPSA) is 108 Å². The van der Waals surface area contributed by atoms with Crippen molar-refractivity contribution >= 4 is 33.3 Å². The number of morpholine rings is 1. The summed E-state index contributed by atoms with van der Waals surface area (Å²) in [7, 11) is 0. The minimum absolute atomic E-state index is 0.0556. The van der Waals surface area contributed by atoms with Gasteiger partial charge in [-0.15, -0.1) is 15.3 Å². The number of anilines is 3. The lowest BCUT2D eigenvalue weighted by molar-refractivity contribution is -0.124. The minimum atomic E-state index is -0.0601. The lowest BCUT2D eigenvalue weighted by Gasteiger charge is -2.52. The number of hydrogen-bond acceptors (Lipinski definition) is 10. The second-order valence-corrected chi connectivity index (χ2v) is 11.6. The summed E-state index contributed by atoms with van der Waals surface area (Å²) in [4.78, 5) is 17.5. The van der Waals surface area contributed by atoms with Crippen molar-refractivity contribution < 1.29 is 9.53 Å². The van der Waals surface area contributed by atoms with E-state index in [-0.39, 0.29) is 18.1 Å². The first kappa shape index (κ1) is 23.1. The SMILES string of the molecule is O=C(C[C@@H]1CN(C2CC3(CCCC3)C2)CCO1)Nc1nnc(N[C@@H]2CCN(c3cccnn3)C2)s1. The second-order valence-electron chi connectivity index (χ2n) is 10.6. The summed E-state index contributed by atoms with van der Waals surface area (Å²) >= 11 is 1.37. The summed E-state index contributed by atoms with van der Waals surface area (Å²) in [6.45, 7) is 4.29. The zero-order chi connectivity index (χ0) is 23.7. The number of nitrogens with one attached hydrogen (secondary N) is 2. The van der Waals surface area contributed by atoms with Gasteiger partial charge < -0.3 is 20.3 Å². The largest absolute Gasteiger partial charge is 0.375 e. The van der Waals surface area contributed by atoms with Gasteiger partial charge in [0, 0.05) is 44.5 Å². The van der Waals surface area contributed by atoms with Gasteiger partial charge in [0.05, 0.1) is 19.1 Å². The molecule has 10 nitrogen and oxygen atoms in total. The van der Waals surface area contributed by atoms with Gasteiger partial charge in [-0.05, 0) is 49.7 Å². The van der Waals surface area contributed by atoms with Crippen molar-refractivity contribution in [3.8, 4) is 0 Å². The van der Waals surface area contributed by atoms with Gasteiger partial charge in [-0.1, -0.05) is 24.2 Å². The third-order valence-electron chi connectivity index (χ3n) is 8.17. The first-order valence-corrected chi connectivity index (χ1v) is 13.7. The molecule has 11 heteroatoms. The van der Waals surface area contributed by atoms with Crippen molar-refractivity contribution in [1.82, 2.24) is 25.3 Å². The van der Waals surface area contributed by atoms with Crippen LogP contribution in [0.5, 0.6) is 0 Å². The highest BCUT2D eigenvalue weighted by atomic mass is 32.1. The predicted octanol–water partition coefficient (Wildman–Crippen LogP) is 2.77. The van der Waals surface area contributed by atoms with Gasteiger partial charge >= 0.3 is 0 Å². The molecule has 0 bridgehead atoms. The molecule has 1 spiro atoms. The summed E-state index contributed by atoms with van der Waals surface area (Å²) < 4.78 is 5.93. The number of amides is 1. The zero-order valence-electron chi connectivity index (χ0n) is 20.1. The summed E-state index contributed by atoms with van der Waals surface area (Å²) in [5, 5.41) is 24.1. The summed E-state index contributed by atoms with van der Waals surface area (Å²) in [5.41, 5.74) is 0.645. The molecule has 0 aromatic carbocycles. The summed E-state index contributed by atoms with van der Waals surface area (Å²) in [5.74, 6) is 0.830. The van der Waals surface area contributed by atoms with Crippen molar-refractivity contribution in [3.63, 3.8) is 0 Å². The highest BCUT2D eigenvalue weighted by molar-refractivity contribution is 7.19. The van der Waals surface area contributed by atoms with Crippen LogP contribution in [0, 0.1) is 5.41 Å². The van der Waals surface area contributed by atoms with Gasteiger partial charge in [0.2, 0.25) is 16.2 Å². The van der Waals surface area contributed by atoms with Crippen molar-refractivity contribution in [1.29, 1.82) is 0 Å². The molecule has 2 N–H and O–H groups in total. The monoisotopic (exact) mass is 498 g/mol. The van der Waals surface area contributed by atoms with Crippen molar-refractivity contribution in [3.05, 3.63) is 18.3 Å². The fourth-order valence-corrected chi connectivity index (χ4v) is 7.10. The van der Waals surface area contributed by atoms with Crippen LogP contribution in [-0.4, -0.2) is 82.2 Å². The predicted molar refractivity (Wildman–Crippen MR) is 135 cm³/mol. The van der Waals surface area contributed by atoms with Crippen LogP contribution in [0.4, 0.5) is 16.1 Å². The molecule has 6 rings (SSSR count). The smallest absolute Gasteiger partial charge is 0.228 e. The molecule has 0 radical (unpaired) electrons. The highest BCUT2D eigenvalue weighted by Gasteiger charge is 2.48. The Hall–Kier alpha value is -2.37. The number of hydrogen-bond donors (Lipinski definition) is 2. The van der Waals surface area contributed by atoms with Gasteiger partial charge in [0.25, 0.3) is 0 Å². The lowest BCUT2D eigenvalue weighted by Crippen LogP contribution is -2.55. The Morgan fingerprint density at radius 1 is 1.14 bits per heavy atom. The molecule has 2 aliphatic heterocycles. The maximum atomic E-state index is 12.7. The third kappa shape index (κ3) is 5.26. The molecule has 0 unspecified atom stereocenters. The van der Waals surface area contributed by atoms with Crippen molar-refractivity contribution in [2.75, 3.05) is 48.3 Å². The van der Waals surface area contributed by atoms with Gasteiger partial charge in [-0.3, -0.25) is 9.69 Å². The standard InChI is InChI=1S/C24H34N8O2S/c33-21(12-19-16-31(10-11-34-19)18-13-24(14-18)6-1-2-7-24)27-23-30-29-22(35-23)26-17-5-9-32(15-17)20-4-3-8-25-28-20/h3-4,8,17-19H,1-2,5-7,9-16H2,(H,26,29)(H,27,30,33)/t17-,19-/m1/s1. The number of carbonyl (C=O) groups excluding carboxylic acids is 1. The van der Waals surface area contributed by atoms with E-state index in [9.17, 15) is 4.79 Å². The molecular weight excluding hydrogens is 464 g/mol. The number of nitrogens with zero attached hydrogens (tertiary/aromatic N) is 6. The lowest BCUT2D eigenvalue weighted by atomic mass is 9.64. The Labute approximate surface area is 209 Å². The van der Waals surface area contributed by atoms with Crippen LogP contribution in [0.1, 0.15) is 51.4 Å². The molecule has 35 heavy (non-hydrogen) atoms. The molecule has 4 aliphatic rings. The van der Waals surface area contributed by atoms with Crippen molar-refractivity contribution in [2.24, 2.45) is 5.41 Å². The average molecular weight is 499 g/mol. The fraction of sp³-hybridized carbons (Fsp3) is 0.708. The van der Waals surface area contributed by atoms with Crippen LogP contribution in [-0.2, 0) is 9.53 Å². The van der Waals surface area contributed by atoms with E-state index in [1.165, 1.54) is 49.9 Å². The number of carbonyl (C=O) groups is 1.